The minimum atomic E-state index is -0.307. The summed E-state index contributed by atoms with van der Waals surface area (Å²) in [5.41, 5.74) is 4.06. The van der Waals surface area contributed by atoms with Gasteiger partial charge in [-0.2, -0.15) is 0 Å². The predicted octanol–water partition coefficient (Wildman–Crippen LogP) is 5.63. The van der Waals surface area contributed by atoms with E-state index in [-0.39, 0.29) is 17.4 Å². The number of aromatic nitrogens is 2. The van der Waals surface area contributed by atoms with Crippen LogP contribution in [-0.2, 0) is 9.63 Å². The summed E-state index contributed by atoms with van der Waals surface area (Å²) in [6.45, 7) is 12.1. The number of hydrogen-bond acceptors (Lipinski definition) is 9. The van der Waals surface area contributed by atoms with Crippen LogP contribution in [0.1, 0.15) is 44.4 Å². The summed E-state index contributed by atoms with van der Waals surface area (Å²) in [7, 11) is 7.63. The summed E-state index contributed by atoms with van der Waals surface area (Å²) >= 11 is 0. The van der Waals surface area contributed by atoms with Crippen LogP contribution in [0.25, 0.3) is 0 Å². The number of carbonyl (C=O) groups excluding carboxylic acids is 1. The van der Waals surface area contributed by atoms with E-state index in [2.05, 4.69) is 81.7 Å². The van der Waals surface area contributed by atoms with Crippen molar-refractivity contribution in [2.24, 2.45) is 5.41 Å². The van der Waals surface area contributed by atoms with Crippen molar-refractivity contribution in [3.05, 3.63) is 72.6 Å². The van der Waals surface area contributed by atoms with Crippen LogP contribution in [0.15, 0.2) is 61.4 Å². The van der Waals surface area contributed by atoms with E-state index in [4.69, 9.17) is 9.57 Å². The number of anilines is 5. The lowest BCUT2D eigenvalue weighted by atomic mass is 9.96. The molecule has 1 fully saturated rings. The fourth-order valence-corrected chi connectivity index (χ4v) is 4.66. The minimum absolute atomic E-state index is 0.0265. The molecule has 2 aromatic carbocycles. The van der Waals surface area contributed by atoms with E-state index in [9.17, 15) is 4.79 Å². The number of methoxy groups -OCH3 is 1. The lowest BCUT2D eigenvalue weighted by Crippen LogP contribution is -2.29. The van der Waals surface area contributed by atoms with Crippen LogP contribution in [0.4, 0.5) is 28.7 Å². The largest absolute Gasteiger partial charge is 0.494 e. The molecule has 0 spiro atoms. The second-order valence-electron chi connectivity index (χ2n) is 12.0. The summed E-state index contributed by atoms with van der Waals surface area (Å²) in [5, 5.41) is 8.11. The van der Waals surface area contributed by atoms with Gasteiger partial charge in [0.15, 0.2) is 5.82 Å². The first kappa shape index (κ1) is 32.3. The van der Waals surface area contributed by atoms with Gasteiger partial charge in [-0.3, -0.25) is 9.63 Å². The molecular weight excluding hydrogens is 554 g/mol. The van der Waals surface area contributed by atoms with Gasteiger partial charge in [-0.25, -0.2) is 15.0 Å². The molecule has 3 aromatic rings. The molecule has 1 saturated heterocycles. The second kappa shape index (κ2) is 14.3. The molecule has 4 rings (SSSR count). The zero-order valence-electron chi connectivity index (χ0n) is 26.8. The summed E-state index contributed by atoms with van der Waals surface area (Å²) in [6, 6.07) is 13.8. The number of nitrogens with one attached hydrogen (secondary N) is 2. The molecule has 1 unspecified atom stereocenters. The van der Waals surface area contributed by atoms with Crippen molar-refractivity contribution in [2.45, 2.75) is 33.2 Å². The minimum Gasteiger partial charge on any atom is -0.494 e. The molecule has 0 saturated carbocycles. The fraction of sp³-hybridized carbons (Fsp3) is 0.382. The number of rotatable bonds is 11. The number of likely N-dealkylation sites (N-methyl/N-ethyl adjacent to an activating group) is 2. The number of benzene rings is 2. The van der Waals surface area contributed by atoms with Gasteiger partial charge in [0.05, 0.1) is 36.8 Å². The van der Waals surface area contributed by atoms with Gasteiger partial charge in [0.1, 0.15) is 17.9 Å². The normalized spacial score (nSPS) is 14.5. The van der Waals surface area contributed by atoms with Crippen molar-refractivity contribution >= 4 is 34.6 Å². The Balaban J connectivity index is 1.62. The van der Waals surface area contributed by atoms with Crippen LogP contribution in [0.2, 0.25) is 0 Å². The van der Waals surface area contributed by atoms with Gasteiger partial charge in [0, 0.05) is 49.7 Å². The molecule has 1 amide bonds. The Kier molecular flexibility index (Phi) is 10.5. The number of nitrogens with zero attached hydrogens (tertiary/aromatic N) is 5. The maximum Gasteiger partial charge on any atom is 0.247 e. The monoisotopic (exact) mass is 597 g/mol. The highest BCUT2D eigenvalue weighted by atomic mass is 16.7. The summed E-state index contributed by atoms with van der Waals surface area (Å²) < 4.78 is 5.76. The molecule has 232 valence electrons. The molecule has 1 aliphatic heterocycles. The predicted molar refractivity (Wildman–Crippen MR) is 178 cm³/mol. The number of ether oxygens (including phenoxy) is 1. The number of amides is 1. The van der Waals surface area contributed by atoms with Crippen molar-refractivity contribution in [2.75, 3.05) is 68.5 Å². The van der Waals surface area contributed by atoms with Crippen LogP contribution in [0.3, 0.4) is 0 Å². The van der Waals surface area contributed by atoms with E-state index in [1.54, 1.807) is 7.11 Å². The standard InChI is InChI=1S/C34H43N7O3/c1-9-33(42)38-26-20-27(30(43-8)21-29(26)40(7)17-16-39(5)6)37-31-22-32(36-23-35-31)41-28(14-18-44-41)25-12-10-11-24(19-25)13-15-34(2,3)4/h9-12,19-23,28H,1,14,16-18H2,2-8H3,(H,38,42)(H,35,36,37). The van der Waals surface area contributed by atoms with Crippen LogP contribution >= 0.6 is 0 Å². The van der Waals surface area contributed by atoms with Gasteiger partial charge in [-0.15, -0.1) is 0 Å². The lowest BCUT2D eigenvalue weighted by molar-refractivity contribution is -0.111. The summed E-state index contributed by atoms with van der Waals surface area (Å²) in [4.78, 5) is 31.5. The summed E-state index contributed by atoms with van der Waals surface area (Å²) in [5.74, 6) is 8.06. The molecule has 1 aliphatic rings. The molecule has 10 heteroatoms. The Hall–Kier alpha value is -4.59. The van der Waals surface area contributed by atoms with E-state index in [0.29, 0.717) is 35.4 Å². The van der Waals surface area contributed by atoms with Gasteiger partial charge in [-0.1, -0.05) is 30.6 Å². The highest BCUT2D eigenvalue weighted by molar-refractivity contribution is 6.02. The van der Waals surface area contributed by atoms with Crippen molar-refractivity contribution in [3.63, 3.8) is 0 Å². The molecule has 2 N–H and O–H groups in total. The molecular formula is C34H43N7O3. The quantitative estimate of drug-likeness (QED) is 0.215. The first-order valence-electron chi connectivity index (χ1n) is 14.6. The zero-order chi connectivity index (χ0) is 31.9. The highest BCUT2D eigenvalue weighted by Gasteiger charge is 2.29. The summed E-state index contributed by atoms with van der Waals surface area (Å²) in [6.07, 6.45) is 3.56. The Morgan fingerprint density at radius 3 is 2.66 bits per heavy atom. The van der Waals surface area contributed by atoms with Crippen molar-refractivity contribution in [3.8, 4) is 17.6 Å². The Morgan fingerprint density at radius 2 is 1.95 bits per heavy atom. The number of hydrogen-bond donors (Lipinski definition) is 2. The van der Waals surface area contributed by atoms with E-state index in [1.165, 1.54) is 12.4 Å². The van der Waals surface area contributed by atoms with E-state index in [1.807, 2.05) is 56.5 Å². The van der Waals surface area contributed by atoms with Crippen LogP contribution in [0, 0.1) is 17.3 Å². The Labute approximate surface area is 261 Å². The third-order valence-corrected chi connectivity index (χ3v) is 6.95. The number of hydroxylamine groups is 1. The molecule has 0 radical (unpaired) electrons. The number of carbonyl (C=O) groups is 1. The smallest absolute Gasteiger partial charge is 0.247 e. The van der Waals surface area contributed by atoms with Gasteiger partial charge in [-0.05, 0) is 64.7 Å². The molecule has 44 heavy (non-hydrogen) atoms. The Morgan fingerprint density at radius 1 is 1.16 bits per heavy atom. The van der Waals surface area contributed by atoms with Gasteiger partial charge >= 0.3 is 0 Å². The van der Waals surface area contributed by atoms with Crippen molar-refractivity contribution in [1.82, 2.24) is 14.9 Å². The van der Waals surface area contributed by atoms with Crippen LogP contribution < -0.4 is 25.3 Å². The van der Waals surface area contributed by atoms with E-state index < -0.39 is 0 Å². The maximum absolute atomic E-state index is 12.3. The fourth-order valence-electron chi connectivity index (χ4n) is 4.66. The van der Waals surface area contributed by atoms with Gasteiger partial charge in [0.2, 0.25) is 5.91 Å². The van der Waals surface area contributed by atoms with Crippen molar-refractivity contribution in [1.29, 1.82) is 0 Å². The Bertz CT molecular complexity index is 1540. The third kappa shape index (κ3) is 8.49. The van der Waals surface area contributed by atoms with Crippen LogP contribution in [0.5, 0.6) is 5.75 Å². The molecule has 10 nitrogen and oxygen atoms in total. The molecule has 1 atom stereocenters. The molecule has 0 aliphatic carbocycles. The first-order chi connectivity index (χ1) is 21.0. The molecule has 2 heterocycles. The average molecular weight is 598 g/mol. The zero-order valence-corrected chi connectivity index (χ0v) is 26.8. The molecule has 1 aromatic heterocycles. The van der Waals surface area contributed by atoms with Gasteiger partial charge < -0.3 is 25.2 Å². The van der Waals surface area contributed by atoms with Gasteiger partial charge in [0.25, 0.3) is 0 Å². The second-order valence-corrected chi connectivity index (χ2v) is 12.0. The van der Waals surface area contributed by atoms with Crippen molar-refractivity contribution < 1.29 is 14.4 Å². The SMILES string of the molecule is C=CC(=O)Nc1cc(Nc2cc(N3OCCC3c3cccc(C#CC(C)(C)C)c3)ncn2)c(OC)cc1N(C)CCN(C)C. The van der Waals surface area contributed by atoms with E-state index in [0.717, 1.165) is 36.3 Å². The highest BCUT2D eigenvalue weighted by Crippen LogP contribution is 2.39. The molecule has 0 bridgehead atoms. The van der Waals surface area contributed by atoms with Crippen LogP contribution in [-0.4, -0.2) is 68.7 Å². The van der Waals surface area contributed by atoms with E-state index >= 15 is 0 Å². The first-order valence-corrected chi connectivity index (χ1v) is 14.6. The third-order valence-electron chi connectivity index (χ3n) is 6.95. The maximum atomic E-state index is 12.3. The lowest BCUT2D eigenvalue weighted by Gasteiger charge is -2.26. The topological polar surface area (TPSA) is 95.1 Å². The average Bonchev–Trinajstić information content (AvgIpc) is 3.49.